The number of nitrogens with zero attached hydrogens (tertiary/aromatic N) is 1. The first-order valence-corrected chi connectivity index (χ1v) is 7.96. The summed E-state index contributed by atoms with van der Waals surface area (Å²) in [7, 11) is 0. The summed E-state index contributed by atoms with van der Waals surface area (Å²) < 4.78 is 12.9. The fraction of sp³-hybridized carbons (Fsp3) is 0.250. The van der Waals surface area contributed by atoms with Crippen LogP contribution in [0.5, 0.6) is 0 Å². The SMILES string of the molecule is CSc1cc(NC(=O)[C@@H]2C[C@@H]2c2ccc(F)cc2)ccn1. The smallest absolute Gasteiger partial charge is 0.228 e. The van der Waals surface area contributed by atoms with Gasteiger partial charge in [0.05, 0.1) is 5.03 Å². The monoisotopic (exact) mass is 302 g/mol. The van der Waals surface area contributed by atoms with Crippen molar-refractivity contribution in [3.63, 3.8) is 0 Å². The van der Waals surface area contributed by atoms with Crippen LogP contribution in [0.3, 0.4) is 0 Å². The molecule has 0 bridgehead atoms. The maximum atomic E-state index is 12.9. The summed E-state index contributed by atoms with van der Waals surface area (Å²) in [6.07, 6.45) is 4.45. The van der Waals surface area contributed by atoms with E-state index in [1.807, 2.05) is 12.3 Å². The molecule has 2 aromatic rings. The van der Waals surface area contributed by atoms with Crippen LogP contribution in [0.4, 0.5) is 10.1 Å². The molecule has 0 radical (unpaired) electrons. The van der Waals surface area contributed by atoms with Crippen LogP contribution < -0.4 is 5.32 Å². The van der Waals surface area contributed by atoms with Gasteiger partial charge in [-0.25, -0.2) is 9.37 Å². The van der Waals surface area contributed by atoms with E-state index in [1.54, 1.807) is 24.4 Å². The first kappa shape index (κ1) is 14.1. The van der Waals surface area contributed by atoms with Crippen molar-refractivity contribution >= 4 is 23.4 Å². The van der Waals surface area contributed by atoms with Crippen LogP contribution in [0.25, 0.3) is 0 Å². The third kappa shape index (κ3) is 3.24. The zero-order chi connectivity index (χ0) is 14.8. The average molecular weight is 302 g/mol. The van der Waals surface area contributed by atoms with Crippen molar-refractivity contribution in [3.8, 4) is 0 Å². The Labute approximate surface area is 127 Å². The van der Waals surface area contributed by atoms with Crippen molar-refractivity contribution in [2.45, 2.75) is 17.4 Å². The third-order valence-electron chi connectivity index (χ3n) is 3.64. The minimum atomic E-state index is -0.248. The first-order chi connectivity index (χ1) is 10.2. The molecule has 1 amide bonds. The van der Waals surface area contributed by atoms with E-state index in [0.29, 0.717) is 0 Å². The highest BCUT2D eigenvalue weighted by molar-refractivity contribution is 7.98. The van der Waals surface area contributed by atoms with Gasteiger partial charge in [0.2, 0.25) is 5.91 Å². The normalized spacial score (nSPS) is 20.1. The van der Waals surface area contributed by atoms with Gasteiger partial charge in [-0.15, -0.1) is 11.8 Å². The summed E-state index contributed by atoms with van der Waals surface area (Å²) in [5, 5.41) is 3.80. The molecule has 1 aliphatic carbocycles. The summed E-state index contributed by atoms with van der Waals surface area (Å²) >= 11 is 1.53. The predicted octanol–water partition coefficient (Wildman–Crippen LogP) is 3.68. The van der Waals surface area contributed by atoms with Gasteiger partial charge in [0.15, 0.2) is 0 Å². The molecule has 1 N–H and O–H groups in total. The molecule has 0 aliphatic heterocycles. The maximum absolute atomic E-state index is 12.9. The molecular formula is C16H15FN2OS. The number of aromatic nitrogens is 1. The number of carbonyl (C=O) groups excluding carboxylic acids is 1. The van der Waals surface area contributed by atoms with Crippen LogP contribution in [0.1, 0.15) is 17.9 Å². The summed E-state index contributed by atoms with van der Waals surface area (Å²) in [5.41, 5.74) is 1.79. The summed E-state index contributed by atoms with van der Waals surface area (Å²) in [6, 6.07) is 10.0. The molecule has 2 atom stereocenters. The first-order valence-electron chi connectivity index (χ1n) is 6.74. The number of carbonyl (C=O) groups is 1. The Morgan fingerprint density at radius 3 is 2.81 bits per heavy atom. The lowest BCUT2D eigenvalue weighted by atomic mass is 10.1. The predicted molar refractivity (Wildman–Crippen MR) is 81.9 cm³/mol. The molecule has 0 saturated heterocycles. The van der Waals surface area contributed by atoms with Gasteiger partial charge in [-0.3, -0.25) is 4.79 Å². The van der Waals surface area contributed by atoms with E-state index in [4.69, 9.17) is 0 Å². The average Bonchev–Trinajstić information content (AvgIpc) is 3.29. The van der Waals surface area contributed by atoms with Crippen LogP contribution in [0.2, 0.25) is 0 Å². The molecule has 1 fully saturated rings. The topological polar surface area (TPSA) is 42.0 Å². The zero-order valence-corrected chi connectivity index (χ0v) is 12.4. The molecule has 3 rings (SSSR count). The second-order valence-electron chi connectivity index (χ2n) is 5.08. The summed E-state index contributed by atoms with van der Waals surface area (Å²) in [4.78, 5) is 16.4. The van der Waals surface area contributed by atoms with Crippen LogP contribution >= 0.6 is 11.8 Å². The van der Waals surface area contributed by atoms with Crippen LogP contribution in [-0.4, -0.2) is 17.1 Å². The van der Waals surface area contributed by atoms with Crippen LogP contribution in [-0.2, 0) is 4.79 Å². The summed E-state index contributed by atoms with van der Waals surface area (Å²) in [6.45, 7) is 0. The number of nitrogens with one attached hydrogen (secondary N) is 1. The van der Waals surface area contributed by atoms with E-state index in [9.17, 15) is 9.18 Å². The maximum Gasteiger partial charge on any atom is 0.228 e. The van der Waals surface area contributed by atoms with Gasteiger partial charge >= 0.3 is 0 Å². The van der Waals surface area contributed by atoms with Crippen molar-refractivity contribution in [1.82, 2.24) is 4.98 Å². The summed E-state index contributed by atoms with van der Waals surface area (Å²) in [5.74, 6) is -0.0572. The van der Waals surface area contributed by atoms with E-state index in [1.165, 1.54) is 23.9 Å². The molecule has 1 aromatic heterocycles. The third-order valence-corrected chi connectivity index (χ3v) is 4.28. The van der Waals surface area contributed by atoms with Crippen molar-refractivity contribution in [2.75, 3.05) is 11.6 Å². The molecule has 108 valence electrons. The Hall–Kier alpha value is -1.88. The second-order valence-corrected chi connectivity index (χ2v) is 5.90. The number of thioether (sulfide) groups is 1. The van der Waals surface area contributed by atoms with Crippen molar-refractivity contribution in [3.05, 3.63) is 54.0 Å². The fourth-order valence-corrected chi connectivity index (χ4v) is 2.81. The lowest BCUT2D eigenvalue weighted by Gasteiger charge is -2.06. The highest BCUT2D eigenvalue weighted by atomic mass is 32.2. The minimum Gasteiger partial charge on any atom is -0.326 e. The number of benzene rings is 1. The minimum absolute atomic E-state index is 0.0163. The van der Waals surface area contributed by atoms with E-state index in [2.05, 4.69) is 10.3 Å². The van der Waals surface area contributed by atoms with Crippen molar-refractivity contribution in [1.29, 1.82) is 0 Å². The van der Waals surface area contributed by atoms with Crippen molar-refractivity contribution in [2.24, 2.45) is 5.92 Å². The molecule has 1 aromatic carbocycles. The van der Waals surface area contributed by atoms with Gasteiger partial charge < -0.3 is 5.32 Å². The lowest BCUT2D eigenvalue weighted by Crippen LogP contribution is -2.14. The Morgan fingerprint density at radius 2 is 2.10 bits per heavy atom. The number of anilines is 1. The van der Waals surface area contributed by atoms with Gasteiger partial charge in [0.25, 0.3) is 0 Å². The molecule has 1 heterocycles. The zero-order valence-electron chi connectivity index (χ0n) is 11.5. The number of rotatable bonds is 4. The van der Waals surface area contributed by atoms with E-state index in [-0.39, 0.29) is 23.6 Å². The second kappa shape index (κ2) is 5.85. The highest BCUT2D eigenvalue weighted by Crippen LogP contribution is 2.48. The molecule has 0 spiro atoms. The number of pyridine rings is 1. The largest absolute Gasteiger partial charge is 0.326 e. The standard InChI is InChI=1S/C16H15FN2OS/c1-21-15-8-12(6-7-18-15)19-16(20)14-9-13(14)10-2-4-11(17)5-3-10/h2-8,13-14H,9H2,1H3,(H,18,19,20)/t13-,14-/m1/s1. The quantitative estimate of drug-likeness (QED) is 0.876. The van der Waals surface area contributed by atoms with E-state index < -0.39 is 0 Å². The number of hydrogen-bond donors (Lipinski definition) is 1. The van der Waals surface area contributed by atoms with E-state index in [0.717, 1.165) is 22.7 Å². The van der Waals surface area contributed by atoms with E-state index >= 15 is 0 Å². The number of hydrogen-bond acceptors (Lipinski definition) is 3. The fourth-order valence-electron chi connectivity index (χ4n) is 2.40. The van der Waals surface area contributed by atoms with Crippen LogP contribution in [0, 0.1) is 11.7 Å². The molecule has 3 nitrogen and oxygen atoms in total. The Bertz CT molecular complexity index is 660. The van der Waals surface area contributed by atoms with Gasteiger partial charge in [0, 0.05) is 17.8 Å². The van der Waals surface area contributed by atoms with Gasteiger partial charge in [0.1, 0.15) is 5.82 Å². The molecule has 5 heteroatoms. The molecule has 21 heavy (non-hydrogen) atoms. The molecule has 1 saturated carbocycles. The van der Waals surface area contributed by atoms with Gasteiger partial charge in [-0.05, 0) is 48.4 Å². The van der Waals surface area contributed by atoms with Gasteiger partial charge in [-0.1, -0.05) is 12.1 Å². The van der Waals surface area contributed by atoms with Crippen LogP contribution in [0.15, 0.2) is 47.6 Å². The van der Waals surface area contributed by atoms with Crippen molar-refractivity contribution < 1.29 is 9.18 Å². The Balaban J connectivity index is 1.63. The Kier molecular flexibility index (Phi) is 3.92. The number of amides is 1. The molecule has 0 unspecified atom stereocenters. The van der Waals surface area contributed by atoms with Gasteiger partial charge in [-0.2, -0.15) is 0 Å². The molecular weight excluding hydrogens is 287 g/mol. The number of halogens is 1. The Morgan fingerprint density at radius 1 is 1.33 bits per heavy atom. The molecule has 1 aliphatic rings. The lowest BCUT2D eigenvalue weighted by molar-refractivity contribution is -0.117. The highest BCUT2D eigenvalue weighted by Gasteiger charge is 2.43.